The van der Waals surface area contributed by atoms with Gasteiger partial charge in [-0.1, -0.05) is 11.6 Å². The van der Waals surface area contributed by atoms with Crippen molar-refractivity contribution in [1.29, 1.82) is 0 Å². The largest absolute Gasteiger partial charge is 0.378 e. The van der Waals surface area contributed by atoms with Gasteiger partial charge in [0.05, 0.1) is 24.1 Å². The normalized spacial score (nSPS) is 15.7. The smallest absolute Gasteiger partial charge is 0.262 e. The van der Waals surface area contributed by atoms with Gasteiger partial charge in [0, 0.05) is 29.1 Å². The van der Waals surface area contributed by atoms with Gasteiger partial charge in [-0.05, 0) is 35.0 Å². The Kier molecular flexibility index (Phi) is 4.19. The van der Waals surface area contributed by atoms with Gasteiger partial charge in [0.25, 0.3) is 5.56 Å². The fraction of sp³-hybridized carbons (Fsp3) is 0.429. The number of hydrogen-bond donors (Lipinski definition) is 0. The maximum atomic E-state index is 12.7. The minimum Gasteiger partial charge on any atom is -0.378 e. The second kappa shape index (κ2) is 5.94. The van der Waals surface area contributed by atoms with E-state index in [1.165, 1.54) is 0 Å². The maximum absolute atomic E-state index is 12.7. The van der Waals surface area contributed by atoms with E-state index in [0.717, 1.165) is 17.6 Å². The number of aromatic nitrogens is 2. The van der Waals surface area contributed by atoms with Crippen LogP contribution in [0.5, 0.6) is 0 Å². The molecule has 1 aliphatic heterocycles. The molecule has 1 aromatic heterocycles. The Morgan fingerprint density at radius 2 is 2.10 bits per heavy atom. The number of benzene rings is 1. The van der Waals surface area contributed by atoms with Crippen LogP contribution in [0.25, 0.3) is 10.9 Å². The fourth-order valence-corrected chi connectivity index (χ4v) is 3.43. The highest BCUT2D eigenvalue weighted by atomic mass is 79.9. The molecule has 21 heavy (non-hydrogen) atoms. The van der Waals surface area contributed by atoms with Gasteiger partial charge >= 0.3 is 0 Å². The van der Waals surface area contributed by atoms with E-state index in [4.69, 9.17) is 21.3 Å². The van der Waals surface area contributed by atoms with Crippen LogP contribution in [-0.4, -0.2) is 35.9 Å². The number of fused-ring (bicyclic) bond motifs is 1. The molecule has 112 valence electrons. The van der Waals surface area contributed by atoms with Gasteiger partial charge in [0.1, 0.15) is 0 Å². The highest BCUT2D eigenvalue weighted by molar-refractivity contribution is 9.10. The number of hydrogen-bond acceptors (Lipinski definition) is 4. The van der Waals surface area contributed by atoms with Gasteiger partial charge < -0.3 is 9.64 Å². The lowest BCUT2D eigenvalue weighted by Crippen LogP contribution is -2.40. The molecular weight excluding hydrogens is 358 g/mol. The van der Waals surface area contributed by atoms with Crippen molar-refractivity contribution < 1.29 is 4.74 Å². The van der Waals surface area contributed by atoms with Crippen LogP contribution in [0.15, 0.2) is 21.4 Å². The summed E-state index contributed by atoms with van der Waals surface area (Å²) < 4.78 is 7.80. The van der Waals surface area contributed by atoms with Gasteiger partial charge in [0.15, 0.2) is 0 Å². The zero-order valence-corrected chi connectivity index (χ0v) is 13.9. The third-order valence-corrected chi connectivity index (χ3v) is 4.39. The molecule has 0 unspecified atom stereocenters. The van der Waals surface area contributed by atoms with Crippen LogP contribution >= 0.6 is 27.5 Å². The van der Waals surface area contributed by atoms with E-state index < -0.39 is 0 Å². The molecule has 1 saturated heterocycles. The molecule has 7 heteroatoms. The van der Waals surface area contributed by atoms with Crippen LogP contribution in [0.3, 0.4) is 0 Å². The first-order valence-corrected chi connectivity index (χ1v) is 8.01. The zero-order chi connectivity index (χ0) is 15.0. The molecule has 0 radical (unpaired) electrons. The lowest BCUT2D eigenvalue weighted by Gasteiger charge is -2.29. The number of nitrogens with zero attached hydrogens (tertiary/aromatic N) is 3. The van der Waals surface area contributed by atoms with E-state index >= 15 is 0 Å². The molecule has 1 fully saturated rings. The highest BCUT2D eigenvalue weighted by Gasteiger charge is 2.19. The summed E-state index contributed by atoms with van der Waals surface area (Å²) in [7, 11) is 0. The van der Waals surface area contributed by atoms with Gasteiger partial charge in [0.2, 0.25) is 5.95 Å². The molecule has 0 atom stereocenters. The number of morpholine rings is 1. The molecule has 0 bridgehead atoms. The van der Waals surface area contributed by atoms with E-state index in [1.807, 2.05) is 6.92 Å². The molecule has 1 aromatic carbocycles. The molecule has 2 heterocycles. The molecule has 1 aliphatic rings. The summed E-state index contributed by atoms with van der Waals surface area (Å²) in [6.45, 7) is 5.29. The Morgan fingerprint density at radius 3 is 2.76 bits per heavy atom. The summed E-state index contributed by atoms with van der Waals surface area (Å²) in [5, 5.41) is 1.06. The van der Waals surface area contributed by atoms with Crippen LogP contribution < -0.4 is 10.5 Å². The lowest BCUT2D eigenvalue weighted by molar-refractivity contribution is 0.121. The molecule has 0 aliphatic carbocycles. The molecule has 0 saturated carbocycles. The van der Waals surface area contributed by atoms with Gasteiger partial charge in [-0.25, -0.2) is 4.98 Å². The van der Waals surface area contributed by atoms with Crippen LogP contribution in [-0.2, 0) is 11.3 Å². The van der Waals surface area contributed by atoms with E-state index in [-0.39, 0.29) is 5.56 Å². The number of anilines is 1. The summed E-state index contributed by atoms with van der Waals surface area (Å²) in [5.74, 6) is 0.696. The van der Waals surface area contributed by atoms with Crippen molar-refractivity contribution in [2.45, 2.75) is 13.5 Å². The first-order chi connectivity index (χ1) is 10.1. The Bertz CT molecular complexity index is 741. The summed E-state index contributed by atoms with van der Waals surface area (Å²) in [6.07, 6.45) is 0. The average molecular weight is 373 g/mol. The third-order valence-electron chi connectivity index (χ3n) is 3.57. The molecule has 3 rings (SSSR count). The van der Waals surface area contributed by atoms with Gasteiger partial charge in [-0.3, -0.25) is 9.36 Å². The average Bonchev–Trinajstić information content (AvgIpc) is 2.49. The Hall–Kier alpha value is -1.11. The highest BCUT2D eigenvalue weighted by Crippen LogP contribution is 2.27. The zero-order valence-electron chi connectivity index (χ0n) is 11.6. The summed E-state index contributed by atoms with van der Waals surface area (Å²) in [4.78, 5) is 19.5. The number of rotatable bonds is 2. The van der Waals surface area contributed by atoms with Crippen LogP contribution in [0, 0.1) is 0 Å². The van der Waals surface area contributed by atoms with Crippen molar-refractivity contribution in [2.75, 3.05) is 31.2 Å². The molecule has 2 aromatic rings. The van der Waals surface area contributed by atoms with Gasteiger partial charge in [-0.15, -0.1) is 0 Å². The molecule has 0 amide bonds. The minimum atomic E-state index is -0.0628. The molecule has 5 nitrogen and oxygen atoms in total. The third kappa shape index (κ3) is 2.67. The van der Waals surface area contributed by atoms with Crippen molar-refractivity contribution in [1.82, 2.24) is 9.55 Å². The topological polar surface area (TPSA) is 47.4 Å². The first-order valence-electron chi connectivity index (χ1n) is 6.84. The van der Waals surface area contributed by atoms with Crippen LogP contribution in [0.4, 0.5) is 5.95 Å². The molecule has 0 spiro atoms. The van der Waals surface area contributed by atoms with Crippen molar-refractivity contribution in [3.63, 3.8) is 0 Å². The quantitative estimate of drug-likeness (QED) is 0.813. The van der Waals surface area contributed by atoms with Crippen molar-refractivity contribution in [3.8, 4) is 0 Å². The molecule has 0 N–H and O–H groups in total. The van der Waals surface area contributed by atoms with Crippen LogP contribution in [0.1, 0.15) is 6.92 Å². The standard InChI is InChI=1S/C14H15BrClN3O2/c1-2-19-13(20)10-7-9(16)8-11(15)12(10)17-14(19)18-3-5-21-6-4-18/h7-8H,2-6H2,1H3. The van der Waals surface area contributed by atoms with Crippen molar-refractivity contribution >= 4 is 44.4 Å². The summed E-state index contributed by atoms with van der Waals surface area (Å²) in [6, 6.07) is 3.43. The monoisotopic (exact) mass is 371 g/mol. The fourth-order valence-electron chi connectivity index (χ4n) is 2.53. The SMILES string of the molecule is CCn1c(N2CCOCC2)nc2c(Br)cc(Cl)cc2c1=O. The van der Waals surface area contributed by atoms with Crippen molar-refractivity contribution in [2.24, 2.45) is 0 Å². The summed E-state index contributed by atoms with van der Waals surface area (Å²) >= 11 is 9.50. The lowest BCUT2D eigenvalue weighted by atomic mass is 10.2. The minimum absolute atomic E-state index is 0.0628. The summed E-state index contributed by atoms with van der Waals surface area (Å²) in [5.41, 5.74) is 0.586. The van der Waals surface area contributed by atoms with E-state index in [0.29, 0.717) is 41.6 Å². The predicted molar refractivity (Wildman–Crippen MR) is 87.4 cm³/mol. The number of halogens is 2. The number of ether oxygens (including phenoxy) is 1. The second-order valence-corrected chi connectivity index (χ2v) is 6.14. The van der Waals surface area contributed by atoms with Gasteiger partial charge in [-0.2, -0.15) is 0 Å². The molecular formula is C14H15BrClN3O2. The Labute approximate surface area is 135 Å². The van der Waals surface area contributed by atoms with E-state index in [9.17, 15) is 4.79 Å². The van der Waals surface area contributed by atoms with Crippen LogP contribution in [0.2, 0.25) is 5.02 Å². The van der Waals surface area contributed by atoms with Crippen molar-refractivity contribution in [3.05, 3.63) is 32.0 Å². The van der Waals surface area contributed by atoms with E-state index in [1.54, 1.807) is 16.7 Å². The Balaban J connectivity index is 2.26. The predicted octanol–water partition coefficient (Wildman–Crippen LogP) is 2.67. The first kappa shape index (κ1) is 14.8. The Morgan fingerprint density at radius 1 is 1.38 bits per heavy atom. The maximum Gasteiger partial charge on any atom is 0.262 e. The second-order valence-electron chi connectivity index (χ2n) is 4.84. The van der Waals surface area contributed by atoms with E-state index in [2.05, 4.69) is 20.8 Å².